The van der Waals surface area contributed by atoms with Crippen LogP contribution < -0.4 is 9.62 Å². The quantitative estimate of drug-likeness (QED) is 0.512. The molecule has 0 saturated heterocycles. The Bertz CT molecular complexity index is 1140. The van der Waals surface area contributed by atoms with Gasteiger partial charge in [-0.25, -0.2) is 8.42 Å². The lowest BCUT2D eigenvalue weighted by atomic mass is 9.95. The van der Waals surface area contributed by atoms with Gasteiger partial charge in [0.2, 0.25) is 21.8 Å². The monoisotopic (exact) mass is 513 g/mol. The third kappa shape index (κ3) is 7.32. The van der Waals surface area contributed by atoms with E-state index in [4.69, 9.17) is 0 Å². The molecule has 0 heterocycles. The van der Waals surface area contributed by atoms with Gasteiger partial charge in [0.1, 0.15) is 12.6 Å². The molecule has 1 atom stereocenters. The average Bonchev–Trinajstić information content (AvgIpc) is 2.83. The second-order valence-electron chi connectivity index (χ2n) is 9.83. The molecule has 8 heteroatoms. The van der Waals surface area contributed by atoms with E-state index in [0.717, 1.165) is 52.9 Å². The van der Waals surface area contributed by atoms with Crippen LogP contribution in [0.5, 0.6) is 0 Å². The second kappa shape index (κ2) is 12.4. The first-order chi connectivity index (χ1) is 17.1. The predicted octanol–water partition coefficient (Wildman–Crippen LogP) is 4.33. The number of carbonyl (C=O) groups is 2. The Morgan fingerprint density at radius 2 is 1.69 bits per heavy atom. The number of hydrogen-bond donors (Lipinski definition) is 1. The van der Waals surface area contributed by atoms with E-state index in [0.29, 0.717) is 12.1 Å². The molecule has 196 valence electrons. The number of hydrogen-bond acceptors (Lipinski definition) is 4. The average molecular weight is 514 g/mol. The molecule has 2 aromatic rings. The molecule has 1 N–H and O–H groups in total. The number of benzene rings is 2. The van der Waals surface area contributed by atoms with Crippen LogP contribution in [0, 0.1) is 13.8 Å². The molecule has 0 aliphatic heterocycles. The summed E-state index contributed by atoms with van der Waals surface area (Å²) in [6.45, 7) is 5.50. The largest absolute Gasteiger partial charge is 0.352 e. The highest BCUT2D eigenvalue weighted by Gasteiger charge is 2.33. The van der Waals surface area contributed by atoms with Crippen molar-refractivity contribution in [3.8, 4) is 0 Å². The van der Waals surface area contributed by atoms with Crippen LogP contribution in [0.4, 0.5) is 5.69 Å². The Hall–Kier alpha value is -2.87. The lowest BCUT2D eigenvalue weighted by Crippen LogP contribution is -2.54. The van der Waals surface area contributed by atoms with Crippen molar-refractivity contribution in [2.75, 3.05) is 17.1 Å². The third-order valence-electron chi connectivity index (χ3n) is 6.83. The minimum Gasteiger partial charge on any atom is -0.352 e. The first-order valence-electron chi connectivity index (χ1n) is 12.8. The van der Waals surface area contributed by atoms with Gasteiger partial charge in [-0.15, -0.1) is 0 Å². The predicted molar refractivity (Wildman–Crippen MR) is 144 cm³/mol. The van der Waals surface area contributed by atoms with Crippen LogP contribution in [0.3, 0.4) is 0 Å². The van der Waals surface area contributed by atoms with Gasteiger partial charge in [-0.3, -0.25) is 13.9 Å². The molecule has 0 radical (unpaired) electrons. The van der Waals surface area contributed by atoms with E-state index < -0.39 is 22.0 Å². The van der Waals surface area contributed by atoms with Crippen LogP contribution in [-0.2, 0) is 26.2 Å². The van der Waals surface area contributed by atoms with Gasteiger partial charge in [0.15, 0.2) is 0 Å². The Balaban J connectivity index is 1.91. The van der Waals surface area contributed by atoms with E-state index in [1.54, 1.807) is 6.07 Å². The summed E-state index contributed by atoms with van der Waals surface area (Å²) < 4.78 is 26.7. The van der Waals surface area contributed by atoms with Gasteiger partial charge < -0.3 is 10.2 Å². The van der Waals surface area contributed by atoms with Crippen LogP contribution in [0.25, 0.3) is 0 Å². The minimum absolute atomic E-state index is 0.122. The molecule has 1 fully saturated rings. The Morgan fingerprint density at radius 1 is 1.03 bits per heavy atom. The molecular formula is C28H39N3O4S. The fourth-order valence-electron chi connectivity index (χ4n) is 4.92. The topological polar surface area (TPSA) is 86.8 Å². The van der Waals surface area contributed by atoms with E-state index >= 15 is 0 Å². The van der Waals surface area contributed by atoms with E-state index in [1.807, 2.05) is 63.2 Å². The fraction of sp³-hybridized carbons (Fsp3) is 0.500. The number of aryl methyl sites for hydroxylation is 2. The lowest BCUT2D eigenvalue weighted by Gasteiger charge is -2.34. The zero-order valence-electron chi connectivity index (χ0n) is 21.9. The molecule has 36 heavy (non-hydrogen) atoms. The summed E-state index contributed by atoms with van der Waals surface area (Å²) in [6.07, 6.45) is 6.80. The third-order valence-corrected chi connectivity index (χ3v) is 7.96. The van der Waals surface area contributed by atoms with Crippen molar-refractivity contribution < 1.29 is 18.0 Å². The normalized spacial score (nSPS) is 15.2. The van der Waals surface area contributed by atoms with Gasteiger partial charge in [-0.2, -0.15) is 0 Å². The smallest absolute Gasteiger partial charge is 0.244 e. The number of anilines is 1. The fourth-order valence-corrected chi connectivity index (χ4v) is 5.83. The van der Waals surface area contributed by atoms with Crippen LogP contribution in [0.1, 0.15) is 62.1 Å². The van der Waals surface area contributed by atoms with Gasteiger partial charge in [0.25, 0.3) is 0 Å². The van der Waals surface area contributed by atoms with Crippen molar-refractivity contribution in [1.82, 2.24) is 10.2 Å². The standard InChI is InChI=1S/C28H39N3O4S/c1-5-25(28(33)29-24-14-10-7-11-15-24)30(19-23-12-8-6-9-13-23)27(32)20-31(36(4,34)35)26-17-16-21(2)18-22(26)3/h6,8-9,12-13,16-18,24-25H,5,7,10-11,14-15,19-20H2,1-4H3,(H,29,33)/t25-/m1/s1. The lowest BCUT2D eigenvalue weighted by molar-refractivity contribution is -0.140. The van der Waals surface area contributed by atoms with Gasteiger partial charge in [-0.05, 0) is 50.3 Å². The molecule has 1 aliphatic rings. The molecule has 0 spiro atoms. The van der Waals surface area contributed by atoms with Crippen molar-refractivity contribution in [3.05, 3.63) is 65.2 Å². The summed E-state index contributed by atoms with van der Waals surface area (Å²) in [5.74, 6) is -0.582. The Labute approximate surface area is 215 Å². The van der Waals surface area contributed by atoms with Crippen molar-refractivity contribution in [2.24, 2.45) is 0 Å². The minimum atomic E-state index is -3.74. The van der Waals surface area contributed by atoms with Gasteiger partial charge >= 0.3 is 0 Å². The highest BCUT2D eigenvalue weighted by Crippen LogP contribution is 2.25. The maximum atomic E-state index is 13.8. The molecule has 0 unspecified atom stereocenters. The van der Waals surface area contributed by atoms with E-state index in [1.165, 1.54) is 11.3 Å². The van der Waals surface area contributed by atoms with Crippen LogP contribution in [0.2, 0.25) is 0 Å². The van der Waals surface area contributed by atoms with Crippen molar-refractivity contribution in [2.45, 2.75) is 77.9 Å². The van der Waals surface area contributed by atoms with Gasteiger partial charge in [0.05, 0.1) is 11.9 Å². The van der Waals surface area contributed by atoms with Crippen molar-refractivity contribution in [1.29, 1.82) is 0 Å². The molecule has 7 nitrogen and oxygen atoms in total. The number of sulfonamides is 1. The summed E-state index contributed by atoms with van der Waals surface area (Å²) in [5, 5.41) is 3.16. The Kier molecular flexibility index (Phi) is 9.54. The zero-order valence-corrected chi connectivity index (χ0v) is 22.7. The summed E-state index contributed by atoms with van der Waals surface area (Å²) in [5.41, 5.74) is 3.13. The molecule has 2 amide bonds. The van der Waals surface area contributed by atoms with Crippen molar-refractivity contribution in [3.63, 3.8) is 0 Å². The maximum absolute atomic E-state index is 13.8. The molecule has 0 bridgehead atoms. The summed E-state index contributed by atoms with van der Waals surface area (Å²) >= 11 is 0. The van der Waals surface area contributed by atoms with Crippen LogP contribution in [0.15, 0.2) is 48.5 Å². The molecular weight excluding hydrogens is 474 g/mol. The van der Waals surface area contributed by atoms with Gasteiger partial charge in [0, 0.05) is 12.6 Å². The molecule has 2 aromatic carbocycles. The maximum Gasteiger partial charge on any atom is 0.244 e. The SMILES string of the molecule is CC[C@H](C(=O)NC1CCCCC1)N(Cc1ccccc1)C(=O)CN(c1ccc(C)cc1C)S(C)(=O)=O. The zero-order chi connectivity index (χ0) is 26.3. The first kappa shape index (κ1) is 27.7. The Morgan fingerprint density at radius 3 is 2.28 bits per heavy atom. The van der Waals surface area contributed by atoms with Crippen LogP contribution >= 0.6 is 0 Å². The summed E-state index contributed by atoms with van der Waals surface area (Å²) in [4.78, 5) is 28.7. The second-order valence-corrected chi connectivity index (χ2v) is 11.7. The highest BCUT2D eigenvalue weighted by atomic mass is 32.2. The van der Waals surface area contributed by atoms with E-state index in [9.17, 15) is 18.0 Å². The number of nitrogens with zero attached hydrogens (tertiary/aromatic N) is 2. The molecule has 0 aromatic heterocycles. The molecule has 1 aliphatic carbocycles. The summed E-state index contributed by atoms with van der Waals surface area (Å²) in [6, 6.07) is 14.4. The first-order valence-corrected chi connectivity index (χ1v) is 14.6. The van der Waals surface area contributed by atoms with Gasteiger partial charge in [-0.1, -0.05) is 74.2 Å². The summed E-state index contributed by atoms with van der Waals surface area (Å²) in [7, 11) is -3.74. The highest BCUT2D eigenvalue weighted by molar-refractivity contribution is 7.92. The van der Waals surface area contributed by atoms with E-state index in [-0.39, 0.29) is 25.0 Å². The molecule has 1 saturated carbocycles. The van der Waals surface area contributed by atoms with E-state index in [2.05, 4.69) is 5.32 Å². The molecule has 3 rings (SSSR count). The van der Waals surface area contributed by atoms with Crippen LogP contribution in [-0.4, -0.2) is 50.0 Å². The number of carbonyl (C=O) groups excluding carboxylic acids is 2. The number of rotatable bonds is 10. The number of nitrogens with one attached hydrogen (secondary N) is 1. The van der Waals surface area contributed by atoms with Crippen molar-refractivity contribution >= 4 is 27.5 Å². The number of amides is 2.